The Balaban J connectivity index is 0. The summed E-state index contributed by atoms with van der Waals surface area (Å²) in [7, 11) is 0. The van der Waals surface area contributed by atoms with Crippen molar-refractivity contribution in [3.05, 3.63) is 0 Å². The number of ether oxygens (including phenoxy) is 2. The van der Waals surface area contributed by atoms with Gasteiger partial charge >= 0.3 is 17.9 Å². The summed E-state index contributed by atoms with van der Waals surface area (Å²) >= 11 is 0. The zero-order valence-corrected chi connectivity index (χ0v) is 13.6. The minimum absolute atomic E-state index is 0.260. The fourth-order valence-corrected chi connectivity index (χ4v) is 0.703. The smallest absolute Gasteiger partial charge is 0.311 e. The number of carboxylic acids is 1. The fraction of sp³-hybridized carbons (Fsp3) is 0.786. The minimum Gasteiger partial charge on any atom is -0.481 e. The first-order valence-electron chi connectivity index (χ1n) is 6.45. The van der Waals surface area contributed by atoms with Crippen molar-refractivity contribution in [2.45, 2.75) is 41.5 Å². The Bertz CT molecular complexity index is 338. The van der Waals surface area contributed by atoms with Crippen LogP contribution in [0.15, 0.2) is 0 Å². The van der Waals surface area contributed by atoms with Gasteiger partial charge in [0.15, 0.2) is 0 Å². The molecule has 0 aliphatic carbocycles. The number of esters is 2. The van der Waals surface area contributed by atoms with Gasteiger partial charge in [-0.15, -0.1) is 0 Å². The van der Waals surface area contributed by atoms with Crippen LogP contribution in [0, 0.1) is 10.8 Å². The maximum absolute atomic E-state index is 10.5. The van der Waals surface area contributed by atoms with E-state index >= 15 is 0 Å². The molecule has 0 saturated carbocycles. The van der Waals surface area contributed by atoms with Crippen molar-refractivity contribution >= 4 is 17.9 Å². The Kier molecular flexibility index (Phi) is 9.63. The van der Waals surface area contributed by atoms with Crippen LogP contribution in [0.25, 0.3) is 0 Å². The standard InChI is InChI=1S/C9H16O4.C5H10O3/c1-7(10)12-5-9(3,4)6-13-8(2)11;1-5(2,3-6)4(7)8/h5-6H2,1-4H3;6H,3H2,1-2H3,(H,7,8). The number of aliphatic carboxylic acids is 1. The highest BCUT2D eigenvalue weighted by Crippen LogP contribution is 2.15. The van der Waals surface area contributed by atoms with Crippen LogP contribution in [0.3, 0.4) is 0 Å². The molecule has 21 heavy (non-hydrogen) atoms. The van der Waals surface area contributed by atoms with Crippen LogP contribution in [-0.4, -0.2) is 47.9 Å². The SMILES string of the molecule is CC(=O)OCC(C)(C)COC(C)=O.CC(C)(CO)C(=O)O. The van der Waals surface area contributed by atoms with Gasteiger partial charge in [-0.2, -0.15) is 0 Å². The van der Waals surface area contributed by atoms with Crippen LogP contribution >= 0.6 is 0 Å². The molecule has 7 heteroatoms. The van der Waals surface area contributed by atoms with Crippen LogP contribution in [0.2, 0.25) is 0 Å². The second kappa shape index (κ2) is 9.33. The van der Waals surface area contributed by atoms with E-state index in [2.05, 4.69) is 0 Å². The molecule has 0 spiro atoms. The van der Waals surface area contributed by atoms with E-state index in [1.54, 1.807) is 0 Å². The van der Waals surface area contributed by atoms with Gasteiger partial charge in [0.25, 0.3) is 0 Å². The van der Waals surface area contributed by atoms with E-state index in [-0.39, 0.29) is 37.2 Å². The molecule has 0 heterocycles. The summed E-state index contributed by atoms with van der Waals surface area (Å²) in [6.45, 7) is 9.56. The maximum Gasteiger partial charge on any atom is 0.311 e. The Labute approximate surface area is 125 Å². The average Bonchev–Trinajstić information content (AvgIpc) is 2.35. The molecule has 0 aliphatic heterocycles. The van der Waals surface area contributed by atoms with Crippen molar-refractivity contribution in [1.82, 2.24) is 0 Å². The molecule has 0 radical (unpaired) electrons. The molecule has 0 aromatic heterocycles. The van der Waals surface area contributed by atoms with Crippen molar-refractivity contribution in [1.29, 1.82) is 0 Å². The lowest BCUT2D eigenvalue weighted by Gasteiger charge is -2.22. The number of carboxylic acid groups (broad SMARTS) is 1. The van der Waals surface area contributed by atoms with E-state index in [1.165, 1.54) is 27.7 Å². The van der Waals surface area contributed by atoms with Gasteiger partial charge in [0.1, 0.15) is 0 Å². The number of aliphatic hydroxyl groups is 1. The van der Waals surface area contributed by atoms with Crippen LogP contribution < -0.4 is 0 Å². The normalized spacial score (nSPS) is 11.0. The molecule has 2 N–H and O–H groups in total. The highest BCUT2D eigenvalue weighted by Gasteiger charge is 2.25. The minimum atomic E-state index is -0.986. The largest absolute Gasteiger partial charge is 0.481 e. The third-order valence-electron chi connectivity index (χ3n) is 2.31. The molecule has 0 amide bonds. The Hall–Kier alpha value is -1.63. The molecule has 0 fully saturated rings. The molecule has 0 unspecified atom stereocenters. The van der Waals surface area contributed by atoms with E-state index in [9.17, 15) is 14.4 Å². The molecule has 0 saturated heterocycles. The number of rotatable bonds is 6. The first-order valence-corrected chi connectivity index (χ1v) is 6.45. The van der Waals surface area contributed by atoms with Gasteiger partial charge in [-0.05, 0) is 13.8 Å². The fourth-order valence-electron chi connectivity index (χ4n) is 0.703. The maximum atomic E-state index is 10.5. The zero-order valence-electron chi connectivity index (χ0n) is 13.6. The average molecular weight is 306 g/mol. The van der Waals surface area contributed by atoms with Crippen LogP contribution in [0.5, 0.6) is 0 Å². The molecule has 7 nitrogen and oxygen atoms in total. The molecule has 0 aromatic rings. The molecule has 0 aromatic carbocycles. The van der Waals surface area contributed by atoms with Crippen molar-refractivity contribution in [2.24, 2.45) is 10.8 Å². The lowest BCUT2D eigenvalue weighted by atomic mass is 9.96. The van der Waals surface area contributed by atoms with Crippen molar-refractivity contribution in [2.75, 3.05) is 19.8 Å². The topological polar surface area (TPSA) is 110 Å². The lowest BCUT2D eigenvalue weighted by Crippen LogP contribution is -2.27. The van der Waals surface area contributed by atoms with Gasteiger partial charge in [0.2, 0.25) is 0 Å². The molecule has 0 rings (SSSR count). The summed E-state index contributed by atoms with van der Waals surface area (Å²) in [6.07, 6.45) is 0. The molecule has 0 aliphatic rings. The van der Waals surface area contributed by atoms with Crippen molar-refractivity contribution in [3.8, 4) is 0 Å². The summed E-state index contributed by atoms with van der Waals surface area (Å²) in [5.41, 5.74) is -1.31. The summed E-state index contributed by atoms with van der Waals surface area (Å²) in [5.74, 6) is -1.62. The Morgan fingerprint density at radius 2 is 1.24 bits per heavy atom. The van der Waals surface area contributed by atoms with Gasteiger partial charge in [0, 0.05) is 19.3 Å². The van der Waals surface area contributed by atoms with Gasteiger partial charge in [-0.1, -0.05) is 13.8 Å². The third-order valence-corrected chi connectivity index (χ3v) is 2.31. The highest BCUT2D eigenvalue weighted by molar-refractivity contribution is 5.73. The summed E-state index contributed by atoms with van der Waals surface area (Å²) in [4.78, 5) is 31.1. The van der Waals surface area contributed by atoms with E-state index in [1.807, 2.05) is 13.8 Å². The molecule has 0 atom stereocenters. The van der Waals surface area contributed by atoms with E-state index in [4.69, 9.17) is 19.7 Å². The van der Waals surface area contributed by atoms with Gasteiger partial charge < -0.3 is 19.7 Å². The van der Waals surface area contributed by atoms with Crippen molar-refractivity contribution in [3.63, 3.8) is 0 Å². The predicted octanol–water partition coefficient (Wildman–Crippen LogP) is 1.23. The van der Waals surface area contributed by atoms with E-state index in [0.29, 0.717) is 0 Å². The first kappa shape index (κ1) is 21.7. The van der Waals surface area contributed by atoms with Gasteiger partial charge in [-0.25, -0.2) is 0 Å². The van der Waals surface area contributed by atoms with Crippen molar-refractivity contribution < 1.29 is 34.1 Å². The Morgan fingerprint density at radius 3 is 1.38 bits per heavy atom. The van der Waals surface area contributed by atoms with E-state index < -0.39 is 11.4 Å². The summed E-state index contributed by atoms with van der Waals surface area (Å²) in [5, 5.41) is 16.7. The summed E-state index contributed by atoms with van der Waals surface area (Å²) in [6, 6.07) is 0. The number of hydrogen-bond donors (Lipinski definition) is 2. The third kappa shape index (κ3) is 13.1. The second-order valence-corrected chi connectivity index (χ2v) is 6.07. The van der Waals surface area contributed by atoms with Crippen LogP contribution in [-0.2, 0) is 23.9 Å². The monoisotopic (exact) mass is 306 g/mol. The van der Waals surface area contributed by atoms with E-state index in [0.717, 1.165) is 0 Å². The van der Waals surface area contributed by atoms with Crippen LogP contribution in [0.1, 0.15) is 41.5 Å². The molecular weight excluding hydrogens is 280 g/mol. The van der Waals surface area contributed by atoms with Crippen LogP contribution in [0.4, 0.5) is 0 Å². The number of carbonyl (C=O) groups is 3. The lowest BCUT2D eigenvalue weighted by molar-refractivity contribution is -0.150. The summed E-state index contributed by atoms with van der Waals surface area (Å²) < 4.78 is 9.62. The van der Waals surface area contributed by atoms with Gasteiger partial charge in [-0.3, -0.25) is 14.4 Å². The second-order valence-electron chi connectivity index (χ2n) is 6.07. The molecular formula is C14H26O7. The number of aliphatic hydroxyl groups excluding tert-OH is 1. The predicted molar refractivity (Wildman–Crippen MR) is 75.5 cm³/mol. The molecule has 0 bridgehead atoms. The molecule has 124 valence electrons. The highest BCUT2D eigenvalue weighted by atomic mass is 16.5. The number of carbonyl (C=O) groups excluding carboxylic acids is 2. The Morgan fingerprint density at radius 1 is 0.905 bits per heavy atom. The zero-order chi connectivity index (χ0) is 17.3. The number of hydrogen-bond acceptors (Lipinski definition) is 6. The first-order chi connectivity index (χ1) is 9.34. The quantitative estimate of drug-likeness (QED) is 0.710. The van der Waals surface area contributed by atoms with Gasteiger partial charge in [0.05, 0.1) is 25.2 Å².